The maximum Gasteiger partial charge on any atom is 0.319 e. The van der Waals surface area contributed by atoms with Gasteiger partial charge in [-0.05, 0) is 52.4 Å². The minimum Gasteiger partial charge on any atom is -1.00 e. The summed E-state index contributed by atoms with van der Waals surface area (Å²) in [6.07, 6.45) is 6.32. The van der Waals surface area contributed by atoms with Crippen molar-refractivity contribution in [1.29, 1.82) is 0 Å². The Morgan fingerprint density at radius 2 is 0.647 bits per heavy atom. The SMILES string of the molecule is CC12C[C@@]3(C)C[C@@](C)(C1)C[N+](C)(C3)C2(O)O.CC12C[C@@]3(C)C[C@@](C)(C1)C[N+](C)(C3)C2(O)O.[Cl-].[Cl-]. The number of rotatable bonds is 0. The first-order valence-electron chi connectivity index (χ1n) is 12.7. The van der Waals surface area contributed by atoms with Gasteiger partial charge in [0.25, 0.3) is 0 Å². The molecule has 8 bridgehead atoms. The van der Waals surface area contributed by atoms with Crippen LogP contribution in [0.25, 0.3) is 0 Å². The lowest BCUT2D eigenvalue weighted by Gasteiger charge is -2.71. The van der Waals surface area contributed by atoms with Gasteiger partial charge in [0, 0.05) is 21.7 Å². The number of halogens is 2. The van der Waals surface area contributed by atoms with E-state index in [1.54, 1.807) is 0 Å². The van der Waals surface area contributed by atoms with Gasteiger partial charge in [0.05, 0.1) is 51.1 Å². The van der Waals surface area contributed by atoms with Crippen LogP contribution in [0.15, 0.2) is 0 Å². The van der Waals surface area contributed by atoms with Crippen molar-refractivity contribution >= 4 is 0 Å². The molecule has 8 heteroatoms. The number of hydrogen-bond acceptors (Lipinski definition) is 4. The third-order valence-corrected chi connectivity index (χ3v) is 11.0. The minimum absolute atomic E-state index is 0. The van der Waals surface area contributed by atoms with Gasteiger partial charge in [-0.15, -0.1) is 0 Å². The van der Waals surface area contributed by atoms with Crippen molar-refractivity contribution < 1.29 is 54.2 Å². The molecule has 6 aliphatic heterocycles. The van der Waals surface area contributed by atoms with Gasteiger partial charge in [0.1, 0.15) is 0 Å². The second-order valence-electron chi connectivity index (χ2n) is 16.1. The van der Waals surface area contributed by atoms with Crippen molar-refractivity contribution in [3.8, 4) is 0 Å². The molecule has 2 saturated carbocycles. The van der Waals surface area contributed by atoms with Crippen LogP contribution >= 0.6 is 0 Å². The van der Waals surface area contributed by atoms with Crippen LogP contribution in [0.3, 0.4) is 0 Å². The summed E-state index contributed by atoms with van der Waals surface area (Å²) in [4.78, 5) is 0. The van der Waals surface area contributed by atoms with Crippen LogP contribution in [-0.2, 0) is 0 Å². The summed E-state index contributed by atoms with van der Waals surface area (Å²) in [7, 11) is 4.04. The van der Waals surface area contributed by atoms with Crippen LogP contribution in [0, 0.1) is 32.5 Å². The molecular weight excluding hydrogens is 475 g/mol. The van der Waals surface area contributed by atoms with Crippen molar-refractivity contribution in [2.75, 3.05) is 40.3 Å². The topological polar surface area (TPSA) is 80.9 Å². The maximum atomic E-state index is 10.6. The molecule has 6 saturated heterocycles. The minimum atomic E-state index is -1.54. The van der Waals surface area contributed by atoms with Gasteiger partial charge in [-0.3, -0.25) is 8.97 Å². The van der Waals surface area contributed by atoms with E-state index in [-0.39, 0.29) is 35.6 Å². The second kappa shape index (κ2) is 7.05. The number of nitrogens with zero attached hydrogens (tertiary/aromatic N) is 2. The van der Waals surface area contributed by atoms with Gasteiger partial charge in [-0.1, -0.05) is 27.7 Å². The van der Waals surface area contributed by atoms with Crippen LogP contribution in [-0.4, -0.2) is 81.5 Å². The van der Waals surface area contributed by atoms with E-state index in [0.29, 0.717) is 30.6 Å². The van der Waals surface area contributed by atoms with Gasteiger partial charge in [-0.25, -0.2) is 0 Å². The van der Waals surface area contributed by atoms with Gasteiger partial charge in [-0.2, -0.15) is 0 Å². The molecule has 4 unspecified atom stereocenters. The molecule has 34 heavy (non-hydrogen) atoms. The highest BCUT2D eigenvalue weighted by Crippen LogP contribution is 2.69. The largest absolute Gasteiger partial charge is 1.00 e. The molecule has 8 rings (SSSR count). The van der Waals surface area contributed by atoms with E-state index in [9.17, 15) is 20.4 Å². The molecule has 6 nitrogen and oxygen atoms in total. The fraction of sp³-hybridized carbons (Fsp3) is 1.00. The number of quaternary nitrogens is 2. The van der Waals surface area contributed by atoms with Crippen LogP contribution in [0.5, 0.6) is 0 Å². The third-order valence-electron chi connectivity index (χ3n) is 11.0. The summed E-state index contributed by atoms with van der Waals surface area (Å²) in [6.45, 7) is 17.1. The zero-order chi connectivity index (χ0) is 24.1. The fourth-order valence-corrected chi connectivity index (χ4v) is 12.4. The molecule has 0 aromatic heterocycles. The molecule has 0 aromatic carbocycles. The summed E-state index contributed by atoms with van der Waals surface area (Å²) in [5, 5.41) is 42.3. The fourth-order valence-electron chi connectivity index (χ4n) is 12.4. The summed E-state index contributed by atoms with van der Waals surface area (Å²) >= 11 is 0. The first-order valence-corrected chi connectivity index (χ1v) is 12.7. The quantitative estimate of drug-likeness (QED) is 0.197. The summed E-state index contributed by atoms with van der Waals surface area (Å²) in [6, 6.07) is 0. The molecule has 0 amide bonds. The smallest absolute Gasteiger partial charge is 0.319 e. The van der Waals surface area contributed by atoms with E-state index in [2.05, 4.69) is 41.5 Å². The Balaban J connectivity index is 0.000000180. The highest BCUT2D eigenvalue weighted by atomic mass is 35.5. The normalized spacial score (nSPS) is 58.9. The van der Waals surface area contributed by atoms with Crippen molar-refractivity contribution in [2.45, 2.75) is 91.9 Å². The van der Waals surface area contributed by atoms with E-state index < -0.39 is 11.8 Å². The summed E-state index contributed by atoms with van der Waals surface area (Å²) < 4.78 is 0.854. The number of piperidine rings is 6. The average molecular weight is 524 g/mol. The maximum absolute atomic E-state index is 10.6. The first-order chi connectivity index (χ1) is 14.1. The predicted molar refractivity (Wildman–Crippen MR) is 123 cm³/mol. The van der Waals surface area contributed by atoms with Crippen LogP contribution < -0.4 is 24.8 Å². The number of hydrogen-bond donors (Lipinski definition) is 4. The van der Waals surface area contributed by atoms with Gasteiger partial charge >= 0.3 is 11.8 Å². The Bertz CT molecular complexity index is 715. The molecule has 0 aromatic rings. The van der Waals surface area contributed by atoms with E-state index >= 15 is 0 Å². The molecule has 8 aliphatic rings. The van der Waals surface area contributed by atoms with E-state index in [1.165, 1.54) is 12.8 Å². The zero-order valence-electron chi connectivity index (χ0n) is 22.5. The zero-order valence-corrected chi connectivity index (χ0v) is 24.0. The molecule has 4 N–H and O–H groups in total. The molecule has 0 spiro atoms. The van der Waals surface area contributed by atoms with Crippen molar-refractivity contribution in [1.82, 2.24) is 0 Å². The van der Waals surface area contributed by atoms with Gasteiger partial charge in [0.2, 0.25) is 0 Å². The highest BCUT2D eigenvalue weighted by Gasteiger charge is 2.77. The Hall–Kier alpha value is 0.340. The Kier molecular flexibility index (Phi) is 5.99. The average Bonchev–Trinajstić information content (AvgIpc) is 2.45. The molecule has 0 radical (unpaired) electrons. The monoisotopic (exact) mass is 522 g/mol. The molecule has 6 heterocycles. The molecule has 200 valence electrons. The molecule has 8 atom stereocenters. The lowest BCUT2D eigenvalue weighted by Crippen LogP contribution is -3.00. The van der Waals surface area contributed by atoms with Crippen LogP contribution in [0.1, 0.15) is 80.1 Å². The third kappa shape index (κ3) is 3.42. The predicted octanol–water partition coefficient (Wildman–Crippen LogP) is -3.39. The van der Waals surface area contributed by atoms with Crippen molar-refractivity contribution in [3.05, 3.63) is 0 Å². The lowest BCUT2D eigenvalue weighted by atomic mass is 9.47. The number of aliphatic hydroxyl groups is 4. The van der Waals surface area contributed by atoms with Crippen molar-refractivity contribution in [3.63, 3.8) is 0 Å². The lowest BCUT2D eigenvalue weighted by molar-refractivity contribution is -1.05. The van der Waals surface area contributed by atoms with Crippen LogP contribution in [0.4, 0.5) is 0 Å². The molecular formula is C26H48Cl2N2O4. The summed E-state index contributed by atoms with van der Waals surface area (Å²) in [5.74, 6) is -3.07. The Morgan fingerprint density at radius 3 is 0.824 bits per heavy atom. The van der Waals surface area contributed by atoms with Gasteiger partial charge in [0.15, 0.2) is 0 Å². The van der Waals surface area contributed by atoms with E-state index in [1.807, 2.05) is 14.1 Å². The Morgan fingerprint density at radius 1 is 0.441 bits per heavy atom. The molecule has 2 aliphatic carbocycles. The van der Waals surface area contributed by atoms with Crippen molar-refractivity contribution in [2.24, 2.45) is 32.5 Å². The molecule has 8 fully saturated rings. The Labute approximate surface area is 218 Å². The summed E-state index contributed by atoms with van der Waals surface area (Å²) in [5.41, 5.74) is 0.515. The standard InChI is InChI=1S/2C13H24NO2.2ClH/c2*1-10-5-11(2)7-12(3,6-10)13(15,16)14(4,8-10)9-11;;/h2*15-16H,5-9H2,1-4H3;2*1H/q2*+1;;/p-2/t2*10-,11+,12?,14?;;. The second-order valence-corrected chi connectivity index (χ2v) is 16.1. The first kappa shape index (κ1) is 28.9. The highest BCUT2D eigenvalue weighted by molar-refractivity contribution is 5.09. The van der Waals surface area contributed by atoms with E-state index in [4.69, 9.17) is 0 Å². The van der Waals surface area contributed by atoms with E-state index in [0.717, 1.165) is 51.9 Å². The van der Waals surface area contributed by atoms with Crippen LogP contribution in [0.2, 0.25) is 0 Å². The van der Waals surface area contributed by atoms with Gasteiger partial charge < -0.3 is 45.2 Å².